The summed E-state index contributed by atoms with van der Waals surface area (Å²) in [7, 11) is 0. The molecule has 0 bridgehead atoms. The Labute approximate surface area is 158 Å². The van der Waals surface area contributed by atoms with E-state index >= 15 is 0 Å². The molecule has 2 aliphatic rings. The van der Waals surface area contributed by atoms with Crippen molar-refractivity contribution in [3.8, 4) is 0 Å². The molecule has 4 rings (SSSR count). The Bertz CT molecular complexity index is 932. The predicted molar refractivity (Wildman–Crippen MR) is 105 cm³/mol. The molecular weight excluding hydrogens is 342 g/mol. The first-order chi connectivity index (χ1) is 13.1. The Kier molecular flexibility index (Phi) is 5.14. The van der Waals surface area contributed by atoms with Crippen LogP contribution in [0.3, 0.4) is 0 Å². The second kappa shape index (κ2) is 7.71. The van der Waals surface area contributed by atoms with E-state index in [-0.39, 0.29) is 23.1 Å². The van der Waals surface area contributed by atoms with Gasteiger partial charge in [0.15, 0.2) is 0 Å². The minimum Gasteiger partial charge on any atom is -0.342 e. The van der Waals surface area contributed by atoms with E-state index in [0.717, 1.165) is 51.6 Å². The second-order valence-electron chi connectivity index (χ2n) is 8.00. The van der Waals surface area contributed by atoms with Gasteiger partial charge in [0.2, 0.25) is 5.91 Å². The SMILES string of the molecule is O=C(C1CCC(Cn2c(=O)[nH]c3ccccc3c2=O)CC1)N1CCCCC1. The van der Waals surface area contributed by atoms with Crippen LogP contribution in [0.4, 0.5) is 0 Å². The molecule has 1 saturated carbocycles. The van der Waals surface area contributed by atoms with E-state index in [9.17, 15) is 14.4 Å². The number of rotatable bonds is 3. The van der Waals surface area contributed by atoms with Gasteiger partial charge in [-0.2, -0.15) is 0 Å². The predicted octanol–water partition coefficient (Wildman–Crippen LogP) is 2.51. The Balaban J connectivity index is 1.42. The number of aromatic nitrogens is 2. The molecule has 0 spiro atoms. The van der Waals surface area contributed by atoms with Crippen molar-refractivity contribution in [1.29, 1.82) is 0 Å². The van der Waals surface area contributed by atoms with Crippen LogP contribution in [0.1, 0.15) is 44.9 Å². The highest BCUT2D eigenvalue weighted by Gasteiger charge is 2.30. The largest absolute Gasteiger partial charge is 0.342 e. The quantitative estimate of drug-likeness (QED) is 0.903. The third-order valence-electron chi connectivity index (χ3n) is 6.19. The van der Waals surface area contributed by atoms with Crippen LogP contribution in [-0.4, -0.2) is 33.4 Å². The molecule has 1 amide bonds. The van der Waals surface area contributed by atoms with Crippen molar-refractivity contribution in [2.45, 2.75) is 51.5 Å². The summed E-state index contributed by atoms with van der Waals surface area (Å²) in [6.45, 7) is 2.24. The monoisotopic (exact) mass is 369 g/mol. The van der Waals surface area contributed by atoms with Crippen LogP contribution in [0.2, 0.25) is 0 Å². The number of piperidine rings is 1. The standard InChI is InChI=1S/C21H27N3O3/c25-19(23-12-4-1-5-13-23)16-10-8-15(9-11-16)14-24-20(26)17-6-2-3-7-18(17)22-21(24)27/h2-3,6-7,15-16H,1,4-5,8-14H2,(H,22,27). The average molecular weight is 369 g/mol. The number of hydrogen-bond acceptors (Lipinski definition) is 3. The van der Waals surface area contributed by atoms with Gasteiger partial charge in [-0.25, -0.2) is 4.79 Å². The fourth-order valence-electron chi connectivity index (χ4n) is 4.59. The highest BCUT2D eigenvalue weighted by Crippen LogP contribution is 2.31. The van der Waals surface area contributed by atoms with Gasteiger partial charge in [0.25, 0.3) is 5.56 Å². The number of fused-ring (bicyclic) bond motifs is 1. The number of aromatic amines is 1. The molecule has 2 aromatic rings. The van der Waals surface area contributed by atoms with Crippen LogP contribution >= 0.6 is 0 Å². The topological polar surface area (TPSA) is 75.2 Å². The van der Waals surface area contributed by atoms with Gasteiger partial charge in [-0.3, -0.25) is 14.2 Å². The number of likely N-dealkylation sites (tertiary alicyclic amines) is 1. The molecule has 1 aromatic heterocycles. The Morgan fingerprint density at radius 2 is 1.70 bits per heavy atom. The van der Waals surface area contributed by atoms with Crippen molar-refractivity contribution >= 4 is 16.8 Å². The third-order valence-corrected chi connectivity index (χ3v) is 6.19. The molecule has 6 nitrogen and oxygen atoms in total. The Morgan fingerprint density at radius 1 is 1.00 bits per heavy atom. The van der Waals surface area contributed by atoms with Crippen LogP contribution in [-0.2, 0) is 11.3 Å². The number of para-hydroxylation sites is 1. The molecular formula is C21H27N3O3. The summed E-state index contributed by atoms with van der Waals surface area (Å²) in [6.07, 6.45) is 6.97. The van der Waals surface area contributed by atoms with Crippen molar-refractivity contribution in [3.63, 3.8) is 0 Å². The number of nitrogens with zero attached hydrogens (tertiary/aromatic N) is 2. The first-order valence-corrected chi connectivity index (χ1v) is 10.1. The molecule has 1 saturated heterocycles. The number of carbonyl (C=O) groups is 1. The van der Waals surface area contributed by atoms with Crippen LogP contribution in [0.15, 0.2) is 33.9 Å². The van der Waals surface area contributed by atoms with Crippen LogP contribution in [0.25, 0.3) is 10.9 Å². The number of H-pyrrole nitrogens is 1. The molecule has 27 heavy (non-hydrogen) atoms. The molecule has 0 unspecified atom stereocenters. The van der Waals surface area contributed by atoms with Gasteiger partial charge in [-0.15, -0.1) is 0 Å². The molecule has 1 N–H and O–H groups in total. The lowest BCUT2D eigenvalue weighted by Gasteiger charge is -2.34. The minimum absolute atomic E-state index is 0.117. The van der Waals surface area contributed by atoms with Crippen molar-refractivity contribution in [2.24, 2.45) is 11.8 Å². The normalized spacial score (nSPS) is 23.5. The summed E-state index contributed by atoms with van der Waals surface area (Å²) in [5.41, 5.74) is 0.0191. The van der Waals surface area contributed by atoms with Crippen LogP contribution < -0.4 is 11.2 Å². The maximum Gasteiger partial charge on any atom is 0.328 e. The first kappa shape index (κ1) is 18.0. The zero-order valence-corrected chi connectivity index (χ0v) is 15.7. The summed E-state index contributed by atoms with van der Waals surface area (Å²) in [5, 5.41) is 0.547. The fraction of sp³-hybridized carbons (Fsp3) is 0.571. The highest BCUT2D eigenvalue weighted by molar-refractivity contribution is 5.79. The van der Waals surface area contributed by atoms with Gasteiger partial charge in [0.05, 0.1) is 10.9 Å². The van der Waals surface area contributed by atoms with Crippen LogP contribution in [0.5, 0.6) is 0 Å². The lowest BCUT2D eigenvalue weighted by Crippen LogP contribution is -2.42. The maximum atomic E-state index is 12.7. The Hall–Kier alpha value is -2.37. The first-order valence-electron chi connectivity index (χ1n) is 10.1. The number of benzene rings is 1. The maximum absolute atomic E-state index is 12.7. The second-order valence-corrected chi connectivity index (χ2v) is 8.00. The molecule has 2 fully saturated rings. The van der Waals surface area contributed by atoms with E-state index in [1.165, 1.54) is 11.0 Å². The summed E-state index contributed by atoms with van der Waals surface area (Å²) in [5.74, 6) is 0.704. The van der Waals surface area contributed by atoms with Gasteiger partial charge < -0.3 is 9.88 Å². The van der Waals surface area contributed by atoms with Crippen molar-refractivity contribution < 1.29 is 4.79 Å². The zero-order chi connectivity index (χ0) is 18.8. The molecule has 2 heterocycles. The number of carbonyl (C=O) groups excluding carboxylic acids is 1. The summed E-state index contributed by atoms with van der Waals surface area (Å²) in [4.78, 5) is 42.6. The summed E-state index contributed by atoms with van der Waals surface area (Å²) in [6, 6.07) is 7.12. The smallest absolute Gasteiger partial charge is 0.328 e. The van der Waals surface area contributed by atoms with Gasteiger partial charge in [-0.1, -0.05) is 12.1 Å². The lowest BCUT2D eigenvalue weighted by atomic mass is 9.81. The van der Waals surface area contributed by atoms with E-state index in [1.54, 1.807) is 12.1 Å². The number of amides is 1. The molecule has 6 heteroatoms. The van der Waals surface area contributed by atoms with Gasteiger partial charge in [0.1, 0.15) is 0 Å². The summed E-state index contributed by atoms with van der Waals surface area (Å²) >= 11 is 0. The average Bonchev–Trinajstić information content (AvgIpc) is 2.72. The van der Waals surface area contributed by atoms with Crippen LogP contribution in [0, 0.1) is 11.8 Å². The Morgan fingerprint density at radius 3 is 2.44 bits per heavy atom. The van der Waals surface area contributed by atoms with E-state index < -0.39 is 0 Å². The number of hydrogen-bond donors (Lipinski definition) is 1. The summed E-state index contributed by atoms with van der Waals surface area (Å²) < 4.78 is 1.33. The fourth-order valence-corrected chi connectivity index (χ4v) is 4.59. The van der Waals surface area contributed by atoms with E-state index in [0.29, 0.717) is 23.4 Å². The minimum atomic E-state index is -0.342. The van der Waals surface area contributed by atoms with Crippen molar-refractivity contribution in [1.82, 2.24) is 14.5 Å². The lowest BCUT2D eigenvalue weighted by molar-refractivity contribution is -0.137. The number of nitrogens with one attached hydrogen (secondary N) is 1. The van der Waals surface area contributed by atoms with Gasteiger partial charge in [-0.05, 0) is 63.0 Å². The highest BCUT2D eigenvalue weighted by atomic mass is 16.2. The van der Waals surface area contributed by atoms with E-state index in [2.05, 4.69) is 4.98 Å². The molecule has 1 aliphatic heterocycles. The van der Waals surface area contributed by atoms with Crippen molar-refractivity contribution in [3.05, 3.63) is 45.1 Å². The molecule has 0 radical (unpaired) electrons. The van der Waals surface area contributed by atoms with Gasteiger partial charge in [0, 0.05) is 25.6 Å². The molecule has 144 valence electrons. The third kappa shape index (κ3) is 3.70. The molecule has 0 atom stereocenters. The van der Waals surface area contributed by atoms with Crippen molar-refractivity contribution in [2.75, 3.05) is 13.1 Å². The molecule has 1 aliphatic carbocycles. The zero-order valence-electron chi connectivity index (χ0n) is 15.7. The van der Waals surface area contributed by atoms with E-state index in [1.807, 2.05) is 17.0 Å². The molecule has 1 aromatic carbocycles. The van der Waals surface area contributed by atoms with Gasteiger partial charge >= 0.3 is 5.69 Å². The van der Waals surface area contributed by atoms with E-state index in [4.69, 9.17) is 0 Å².